The number of rotatable bonds is 6. The van der Waals surface area contributed by atoms with Gasteiger partial charge in [-0.2, -0.15) is 0 Å². The Balaban J connectivity index is 1.90. The molecule has 0 atom stereocenters. The summed E-state index contributed by atoms with van der Waals surface area (Å²) in [4.78, 5) is 5.33. The number of hydrogen-bond acceptors (Lipinski definition) is 3. The van der Waals surface area contributed by atoms with Crippen LogP contribution in [0.3, 0.4) is 0 Å². The molecular formula is C17H19NO2. The summed E-state index contributed by atoms with van der Waals surface area (Å²) in [5.41, 5.74) is 3.43. The van der Waals surface area contributed by atoms with E-state index in [1.54, 1.807) is 13.3 Å². The number of ether oxygens (including phenoxy) is 1. The lowest BCUT2D eigenvalue weighted by Crippen LogP contribution is -1.92. The van der Waals surface area contributed by atoms with Crippen molar-refractivity contribution in [1.29, 1.82) is 0 Å². The molecule has 0 radical (unpaired) electrons. The molecule has 20 heavy (non-hydrogen) atoms. The average molecular weight is 269 g/mol. The maximum atomic E-state index is 5.33. The Hall–Kier alpha value is -2.29. The van der Waals surface area contributed by atoms with Crippen LogP contribution in [0.5, 0.6) is 5.75 Å². The summed E-state index contributed by atoms with van der Waals surface area (Å²) in [5, 5.41) is 4.03. The lowest BCUT2D eigenvalue weighted by molar-refractivity contribution is 0.132. The van der Waals surface area contributed by atoms with E-state index in [9.17, 15) is 0 Å². The van der Waals surface area contributed by atoms with E-state index in [0.717, 1.165) is 23.3 Å². The summed E-state index contributed by atoms with van der Waals surface area (Å²) in [6.45, 7) is 2.58. The second-order valence-electron chi connectivity index (χ2n) is 4.41. The first kappa shape index (κ1) is 14.1. The zero-order valence-electron chi connectivity index (χ0n) is 11.9. The van der Waals surface area contributed by atoms with E-state index in [0.29, 0.717) is 6.61 Å². The quantitative estimate of drug-likeness (QED) is 0.590. The molecule has 0 heterocycles. The van der Waals surface area contributed by atoms with Crippen LogP contribution in [0.25, 0.3) is 0 Å². The van der Waals surface area contributed by atoms with Crippen LogP contribution in [0.2, 0.25) is 0 Å². The second kappa shape index (κ2) is 7.34. The van der Waals surface area contributed by atoms with E-state index in [4.69, 9.17) is 9.57 Å². The summed E-state index contributed by atoms with van der Waals surface area (Å²) in [6.07, 6.45) is 2.75. The van der Waals surface area contributed by atoms with Gasteiger partial charge in [0.05, 0.1) is 13.3 Å². The van der Waals surface area contributed by atoms with Crippen molar-refractivity contribution in [3.05, 3.63) is 65.2 Å². The van der Waals surface area contributed by atoms with Crippen LogP contribution < -0.4 is 4.74 Å². The van der Waals surface area contributed by atoms with E-state index < -0.39 is 0 Å². The molecule has 0 fully saturated rings. The summed E-state index contributed by atoms with van der Waals surface area (Å²) >= 11 is 0. The Labute approximate surface area is 119 Å². The molecule has 0 aromatic heterocycles. The first-order valence-corrected chi connectivity index (χ1v) is 6.69. The third kappa shape index (κ3) is 3.85. The first-order valence-electron chi connectivity index (χ1n) is 6.69. The first-order chi connectivity index (χ1) is 9.83. The fourth-order valence-electron chi connectivity index (χ4n) is 1.91. The van der Waals surface area contributed by atoms with Crippen molar-refractivity contribution >= 4 is 6.21 Å². The molecule has 3 heteroatoms. The predicted molar refractivity (Wildman–Crippen MR) is 81.2 cm³/mol. The molecule has 0 unspecified atom stereocenters. The molecule has 0 aliphatic rings. The van der Waals surface area contributed by atoms with E-state index >= 15 is 0 Å². The van der Waals surface area contributed by atoms with Crippen LogP contribution in [0.1, 0.15) is 23.6 Å². The Morgan fingerprint density at radius 3 is 2.50 bits per heavy atom. The van der Waals surface area contributed by atoms with Gasteiger partial charge in [0.1, 0.15) is 12.4 Å². The van der Waals surface area contributed by atoms with Crippen molar-refractivity contribution in [2.24, 2.45) is 5.16 Å². The lowest BCUT2D eigenvalue weighted by atomic mass is 10.1. The number of aryl methyl sites for hydroxylation is 1. The van der Waals surface area contributed by atoms with Crippen molar-refractivity contribution in [2.75, 3.05) is 7.11 Å². The van der Waals surface area contributed by atoms with Crippen molar-refractivity contribution in [2.45, 2.75) is 20.0 Å². The highest BCUT2D eigenvalue weighted by atomic mass is 16.6. The minimum atomic E-state index is 0.453. The Kier molecular flexibility index (Phi) is 5.18. The Morgan fingerprint density at radius 1 is 1.05 bits per heavy atom. The minimum absolute atomic E-state index is 0.453. The number of methoxy groups -OCH3 is 1. The topological polar surface area (TPSA) is 30.8 Å². The largest absolute Gasteiger partial charge is 0.497 e. The monoisotopic (exact) mass is 269 g/mol. The fourth-order valence-corrected chi connectivity index (χ4v) is 1.91. The highest BCUT2D eigenvalue weighted by Crippen LogP contribution is 2.12. The van der Waals surface area contributed by atoms with Gasteiger partial charge in [-0.3, -0.25) is 0 Å². The van der Waals surface area contributed by atoms with Gasteiger partial charge < -0.3 is 9.57 Å². The lowest BCUT2D eigenvalue weighted by Gasteiger charge is -2.03. The van der Waals surface area contributed by atoms with Crippen LogP contribution in [-0.2, 0) is 17.9 Å². The third-order valence-electron chi connectivity index (χ3n) is 3.09. The summed E-state index contributed by atoms with van der Waals surface area (Å²) < 4.78 is 5.11. The maximum absolute atomic E-state index is 5.33. The van der Waals surface area contributed by atoms with Crippen LogP contribution in [0, 0.1) is 0 Å². The molecule has 0 amide bonds. The molecule has 0 saturated heterocycles. The van der Waals surface area contributed by atoms with Gasteiger partial charge in [0, 0.05) is 0 Å². The molecule has 2 rings (SSSR count). The molecule has 0 saturated carbocycles. The number of benzene rings is 2. The Bertz CT molecular complexity index is 561. The zero-order chi connectivity index (χ0) is 14.2. The van der Waals surface area contributed by atoms with E-state index in [-0.39, 0.29) is 0 Å². The highest BCUT2D eigenvalue weighted by molar-refractivity contribution is 5.81. The van der Waals surface area contributed by atoms with Crippen LogP contribution in [-0.4, -0.2) is 13.3 Å². The normalized spacial score (nSPS) is 10.7. The second-order valence-corrected chi connectivity index (χ2v) is 4.41. The van der Waals surface area contributed by atoms with Crippen molar-refractivity contribution in [3.63, 3.8) is 0 Å². The molecule has 0 spiro atoms. The highest BCUT2D eigenvalue weighted by Gasteiger charge is 1.97. The van der Waals surface area contributed by atoms with Gasteiger partial charge >= 0.3 is 0 Å². The zero-order valence-corrected chi connectivity index (χ0v) is 11.9. The molecule has 0 aliphatic heterocycles. The molecule has 0 bridgehead atoms. The molecule has 104 valence electrons. The van der Waals surface area contributed by atoms with Crippen LogP contribution >= 0.6 is 0 Å². The maximum Gasteiger partial charge on any atom is 0.142 e. The molecule has 3 nitrogen and oxygen atoms in total. The van der Waals surface area contributed by atoms with Gasteiger partial charge in [-0.25, -0.2) is 0 Å². The average Bonchev–Trinajstić information content (AvgIpc) is 2.52. The molecule has 0 N–H and O–H groups in total. The predicted octanol–water partition coefficient (Wildman–Crippen LogP) is 3.81. The van der Waals surface area contributed by atoms with Crippen LogP contribution in [0.4, 0.5) is 0 Å². The summed E-state index contributed by atoms with van der Waals surface area (Å²) in [5.74, 6) is 0.842. The fraction of sp³-hybridized carbons (Fsp3) is 0.235. The molecule has 2 aromatic carbocycles. The Morgan fingerprint density at radius 2 is 1.80 bits per heavy atom. The van der Waals surface area contributed by atoms with Crippen molar-refractivity contribution < 1.29 is 9.57 Å². The van der Waals surface area contributed by atoms with Gasteiger partial charge in [-0.15, -0.1) is 0 Å². The standard InChI is InChI=1S/C17H19NO2/c1-3-15-6-4-5-7-16(15)12-18-20-13-14-8-10-17(19-2)11-9-14/h4-12H,3,13H2,1-2H3. The molecular weight excluding hydrogens is 250 g/mol. The number of hydrogen-bond donors (Lipinski definition) is 0. The van der Waals surface area contributed by atoms with E-state index in [2.05, 4.69) is 18.1 Å². The SMILES string of the molecule is CCc1ccccc1C=NOCc1ccc(OC)cc1. The van der Waals surface area contributed by atoms with Gasteiger partial charge in [-0.05, 0) is 35.2 Å². The van der Waals surface area contributed by atoms with Gasteiger partial charge in [0.15, 0.2) is 0 Å². The smallest absolute Gasteiger partial charge is 0.142 e. The number of nitrogens with zero attached hydrogens (tertiary/aromatic N) is 1. The van der Waals surface area contributed by atoms with Gasteiger partial charge in [-0.1, -0.05) is 48.5 Å². The number of oxime groups is 1. The molecule has 2 aromatic rings. The molecule has 0 aliphatic carbocycles. The van der Waals surface area contributed by atoms with Gasteiger partial charge in [0.2, 0.25) is 0 Å². The van der Waals surface area contributed by atoms with Gasteiger partial charge in [0.25, 0.3) is 0 Å². The van der Waals surface area contributed by atoms with E-state index in [1.807, 2.05) is 42.5 Å². The summed E-state index contributed by atoms with van der Waals surface area (Å²) in [6, 6.07) is 15.9. The van der Waals surface area contributed by atoms with E-state index in [1.165, 1.54) is 5.56 Å². The van der Waals surface area contributed by atoms with Crippen LogP contribution in [0.15, 0.2) is 53.7 Å². The van der Waals surface area contributed by atoms with Crippen molar-refractivity contribution in [1.82, 2.24) is 0 Å². The van der Waals surface area contributed by atoms with Crippen molar-refractivity contribution in [3.8, 4) is 5.75 Å². The minimum Gasteiger partial charge on any atom is -0.497 e. The third-order valence-corrected chi connectivity index (χ3v) is 3.09. The summed E-state index contributed by atoms with van der Waals surface area (Å²) in [7, 11) is 1.65.